The van der Waals surface area contributed by atoms with Crippen LogP contribution in [-0.2, 0) is 11.3 Å². The minimum absolute atomic E-state index is 0.181. The van der Waals surface area contributed by atoms with Crippen molar-refractivity contribution >= 4 is 34.1 Å². The summed E-state index contributed by atoms with van der Waals surface area (Å²) < 4.78 is 5.80. The Balaban J connectivity index is 1.23. The average Bonchev–Trinajstić information content (AvgIpc) is 3.27. The molecule has 31 heavy (non-hydrogen) atoms. The van der Waals surface area contributed by atoms with Crippen LogP contribution in [0.2, 0.25) is 0 Å². The number of nitrogens with one attached hydrogen (secondary N) is 1. The van der Waals surface area contributed by atoms with E-state index in [-0.39, 0.29) is 4.88 Å². The summed E-state index contributed by atoms with van der Waals surface area (Å²) in [5, 5.41) is 12.6. The molecule has 3 heterocycles. The number of piperazine rings is 1. The standard InChI is InChI=1S/C21H24N6O3S/c28-20(29)17-13-22-21(31-17)25-18-12-19(24-15-23-18)27-8-6-26(7-9-27)10-11-30-14-16-4-2-1-3-5-16/h1-5,12-13,15H,6-11,14H2,(H,28,29)(H,22,23,24,25). The Kier molecular flexibility index (Phi) is 7.03. The van der Waals surface area contributed by atoms with Crippen LogP contribution in [0.5, 0.6) is 0 Å². The van der Waals surface area contributed by atoms with Crippen LogP contribution in [0.25, 0.3) is 0 Å². The number of thiazole rings is 1. The number of nitrogens with zero attached hydrogens (tertiary/aromatic N) is 5. The lowest BCUT2D eigenvalue weighted by atomic mass is 10.2. The summed E-state index contributed by atoms with van der Waals surface area (Å²) in [6.45, 7) is 5.89. The first-order chi connectivity index (χ1) is 15.2. The molecule has 9 nitrogen and oxygen atoms in total. The molecule has 0 amide bonds. The fourth-order valence-corrected chi connectivity index (χ4v) is 3.95. The van der Waals surface area contributed by atoms with Gasteiger partial charge < -0.3 is 20.1 Å². The van der Waals surface area contributed by atoms with Gasteiger partial charge >= 0.3 is 5.97 Å². The van der Waals surface area contributed by atoms with Gasteiger partial charge in [-0.15, -0.1) is 0 Å². The third kappa shape index (κ3) is 5.97. The molecule has 162 valence electrons. The molecule has 1 aliphatic rings. The van der Waals surface area contributed by atoms with E-state index < -0.39 is 5.97 Å². The van der Waals surface area contributed by atoms with Crippen LogP contribution < -0.4 is 10.2 Å². The zero-order chi connectivity index (χ0) is 21.5. The van der Waals surface area contributed by atoms with Crippen LogP contribution in [0, 0.1) is 0 Å². The third-order valence-corrected chi connectivity index (χ3v) is 5.86. The molecule has 0 unspecified atom stereocenters. The molecule has 0 bridgehead atoms. The van der Waals surface area contributed by atoms with E-state index in [2.05, 4.69) is 42.2 Å². The Labute approximate surface area is 184 Å². The first-order valence-electron chi connectivity index (χ1n) is 10.0. The molecular formula is C21H24N6O3S. The van der Waals surface area contributed by atoms with Crippen molar-refractivity contribution in [1.29, 1.82) is 0 Å². The quantitative estimate of drug-likeness (QED) is 0.486. The molecule has 10 heteroatoms. The number of rotatable bonds is 9. The highest BCUT2D eigenvalue weighted by molar-refractivity contribution is 7.17. The van der Waals surface area contributed by atoms with Gasteiger partial charge in [0.2, 0.25) is 0 Å². The Morgan fingerprint density at radius 2 is 1.94 bits per heavy atom. The van der Waals surface area contributed by atoms with E-state index in [1.54, 1.807) is 0 Å². The van der Waals surface area contributed by atoms with Crippen molar-refractivity contribution in [3.8, 4) is 0 Å². The largest absolute Gasteiger partial charge is 0.477 e. The van der Waals surface area contributed by atoms with Crippen LogP contribution >= 0.6 is 11.3 Å². The summed E-state index contributed by atoms with van der Waals surface area (Å²) in [5.41, 5.74) is 1.19. The smallest absolute Gasteiger partial charge is 0.347 e. The van der Waals surface area contributed by atoms with Gasteiger partial charge in [0, 0.05) is 38.8 Å². The number of hydrogen-bond acceptors (Lipinski definition) is 9. The second-order valence-electron chi connectivity index (χ2n) is 7.09. The van der Waals surface area contributed by atoms with Crippen molar-refractivity contribution in [3.63, 3.8) is 0 Å². The predicted molar refractivity (Wildman–Crippen MR) is 119 cm³/mol. The highest BCUT2D eigenvalue weighted by Crippen LogP contribution is 2.23. The third-order valence-electron chi connectivity index (χ3n) is 4.96. The fraction of sp³-hybridized carbons (Fsp3) is 0.333. The number of anilines is 3. The van der Waals surface area contributed by atoms with Gasteiger partial charge in [-0.05, 0) is 5.56 Å². The minimum atomic E-state index is -0.989. The number of hydrogen-bond donors (Lipinski definition) is 2. The van der Waals surface area contributed by atoms with Gasteiger partial charge in [-0.3, -0.25) is 4.90 Å². The Morgan fingerprint density at radius 3 is 2.68 bits per heavy atom. The van der Waals surface area contributed by atoms with E-state index in [1.807, 2.05) is 24.3 Å². The van der Waals surface area contributed by atoms with Gasteiger partial charge in [0.15, 0.2) is 5.13 Å². The van der Waals surface area contributed by atoms with Crippen molar-refractivity contribution in [2.75, 3.05) is 49.5 Å². The lowest BCUT2D eigenvalue weighted by Gasteiger charge is -2.35. The average molecular weight is 441 g/mol. The van der Waals surface area contributed by atoms with E-state index in [4.69, 9.17) is 9.84 Å². The molecule has 2 N–H and O–H groups in total. The van der Waals surface area contributed by atoms with Crippen molar-refractivity contribution in [2.45, 2.75) is 6.61 Å². The monoisotopic (exact) mass is 440 g/mol. The molecule has 2 aromatic heterocycles. The van der Waals surface area contributed by atoms with Crippen LogP contribution in [0.4, 0.5) is 16.8 Å². The van der Waals surface area contributed by atoms with E-state index in [1.165, 1.54) is 18.1 Å². The van der Waals surface area contributed by atoms with E-state index in [0.717, 1.165) is 49.9 Å². The summed E-state index contributed by atoms with van der Waals surface area (Å²) in [7, 11) is 0. The Bertz CT molecular complexity index is 992. The predicted octanol–water partition coefficient (Wildman–Crippen LogP) is 2.71. The summed E-state index contributed by atoms with van der Waals surface area (Å²) in [6, 6.07) is 12.1. The number of aromatic nitrogens is 3. The second-order valence-corrected chi connectivity index (χ2v) is 8.12. The topological polar surface area (TPSA) is 104 Å². The summed E-state index contributed by atoms with van der Waals surface area (Å²) in [6.07, 6.45) is 2.84. The Hall–Kier alpha value is -3.08. The minimum Gasteiger partial charge on any atom is -0.477 e. The van der Waals surface area contributed by atoms with Crippen molar-refractivity contribution < 1.29 is 14.6 Å². The normalized spacial score (nSPS) is 14.5. The highest BCUT2D eigenvalue weighted by Gasteiger charge is 2.18. The van der Waals surface area contributed by atoms with Crippen molar-refractivity contribution in [3.05, 3.63) is 59.4 Å². The molecule has 0 radical (unpaired) electrons. The molecular weight excluding hydrogens is 416 g/mol. The summed E-state index contributed by atoms with van der Waals surface area (Å²) in [5.74, 6) is 0.442. The molecule has 1 aliphatic heterocycles. The number of benzene rings is 1. The van der Waals surface area contributed by atoms with Crippen LogP contribution in [0.15, 0.2) is 48.9 Å². The van der Waals surface area contributed by atoms with Gasteiger partial charge in [0.25, 0.3) is 0 Å². The van der Waals surface area contributed by atoms with Crippen LogP contribution in [0.3, 0.4) is 0 Å². The number of carboxylic acid groups (broad SMARTS) is 1. The highest BCUT2D eigenvalue weighted by atomic mass is 32.1. The number of carboxylic acids is 1. The van der Waals surface area contributed by atoms with Crippen LogP contribution in [-0.4, -0.2) is 70.3 Å². The van der Waals surface area contributed by atoms with Crippen LogP contribution in [0.1, 0.15) is 15.2 Å². The number of aromatic carboxylic acids is 1. The lowest BCUT2D eigenvalue weighted by molar-refractivity contribution is 0.0702. The maximum atomic E-state index is 11.0. The molecule has 0 spiro atoms. The molecule has 0 atom stereocenters. The summed E-state index contributed by atoms with van der Waals surface area (Å²) in [4.78, 5) is 28.5. The zero-order valence-electron chi connectivity index (χ0n) is 17.0. The first kappa shape index (κ1) is 21.2. The summed E-state index contributed by atoms with van der Waals surface area (Å²) >= 11 is 1.07. The molecule has 0 saturated carbocycles. The molecule has 4 rings (SSSR count). The van der Waals surface area contributed by atoms with Gasteiger partial charge in [-0.1, -0.05) is 41.7 Å². The molecule has 1 aromatic carbocycles. The molecule has 1 saturated heterocycles. The fourth-order valence-electron chi connectivity index (χ4n) is 3.29. The molecule has 0 aliphatic carbocycles. The maximum Gasteiger partial charge on any atom is 0.347 e. The number of carbonyl (C=O) groups is 1. The van der Waals surface area contributed by atoms with Gasteiger partial charge in [0.05, 0.1) is 19.4 Å². The van der Waals surface area contributed by atoms with Gasteiger partial charge in [-0.2, -0.15) is 0 Å². The lowest BCUT2D eigenvalue weighted by Crippen LogP contribution is -2.47. The SMILES string of the molecule is O=C(O)c1cnc(Nc2cc(N3CCN(CCOCc4ccccc4)CC3)ncn2)s1. The van der Waals surface area contributed by atoms with Gasteiger partial charge in [-0.25, -0.2) is 19.7 Å². The van der Waals surface area contributed by atoms with E-state index >= 15 is 0 Å². The molecule has 1 fully saturated rings. The molecule has 3 aromatic rings. The zero-order valence-corrected chi connectivity index (χ0v) is 17.8. The number of ether oxygens (including phenoxy) is 1. The van der Waals surface area contributed by atoms with Crippen molar-refractivity contribution in [2.24, 2.45) is 0 Å². The van der Waals surface area contributed by atoms with Crippen molar-refractivity contribution in [1.82, 2.24) is 19.9 Å². The van der Waals surface area contributed by atoms with Gasteiger partial charge in [0.1, 0.15) is 22.8 Å². The first-order valence-corrected chi connectivity index (χ1v) is 10.9. The van der Waals surface area contributed by atoms with E-state index in [9.17, 15) is 4.79 Å². The van der Waals surface area contributed by atoms with E-state index in [0.29, 0.717) is 24.2 Å². The Morgan fingerprint density at radius 1 is 1.13 bits per heavy atom. The maximum absolute atomic E-state index is 11.0. The second kappa shape index (κ2) is 10.3.